The number of ether oxygens (including phenoxy) is 1. The Bertz CT molecular complexity index is 562. The number of likely N-dealkylation sites (tertiary alicyclic amines) is 2. The molecule has 3 rings (SSSR count). The molecule has 2 aliphatic rings. The lowest BCUT2D eigenvalue weighted by atomic mass is 9.88. The summed E-state index contributed by atoms with van der Waals surface area (Å²) in [4.78, 5) is 11.0. The third kappa shape index (κ3) is 4.78. The molecule has 0 spiro atoms. The number of rotatable bonds is 6. The molecular weight excluding hydrogens is 344 g/mol. The molecule has 2 aliphatic heterocycles. The van der Waals surface area contributed by atoms with Crippen molar-refractivity contribution in [2.75, 3.05) is 53.5 Å². The first-order valence-corrected chi connectivity index (χ1v) is 10.9. The quantitative estimate of drug-likeness (QED) is 0.610. The van der Waals surface area contributed by atoms with Crippen molar-refractivity contribution < 1.29 is 4.74 Å². The minimum absolute atomic E-state index is 0.527. The van der Waals surface area contributed by atoms with Crippen LogP contribution in [0.15, 0.2) is 22.5 Å². The molecule has 146 valence electrons. The van der Waals surface area contributed by atoms with Crippen LogP contribution in [-0.4, -0.2) is 69.2 Å². The summed E-state index contributed by atoms with van der Waals surface area (Å²) in [6.45, 7) is 8.07. The topological polar surface area (TPSA) is 40.1 Å². The van der Waals surface area contributed by atoms with E-state index in [0.29, 0.717) is 17.9 Å². The monoisotopic (exact) mass is 378 g/mol. The highest BCUT2D eigenvalue weighted by atomic mass is 32.1. The van der Waals surface area contributed by atoms with Crippen LogP contribution < -0.4 is 5.32 Å². The normalized spacial score (nSPS) is 27.9. The molecule has 0 radical (unpaired) electrons. The van der Waals surface area contributed by atoms with Crippen molar-refractivity contribution in [2.45, 2.75) is 32.2 Å². The predicted octanol–water partition coefficient (Wildman–Crippen LogP) is 3.06. The number of nitrogens with one attached hydrogen (secondary N) is 1. The van der Waals surface area contributed by atoms with Crippen molar-refractivity contribution in [2.24, 2.45) is 16.8 Å². The number of piperidine rings is 1. The van der Waals surface area contributed by atoms with Gasteiger partial charge in [-0.05, 0) is 57.1 Å². The Morgan fingerprint density at radius 2 is 2.27 bits per heavy atom. The van der Waals surface area contributed by atoms with Crippen molar-refractivity contribution in [1.82, 2.24) is 15.1 Å². The summed E-state index contributed by atoms with van der Waals surface area (Å²) in [5.74, 6) is 2.32. The highest BCUT2D eigenvalue weighted by molar-refractivity contribution is 7.10. The molecule has 0 aliphatic carbocycles. The molecule has 5 nitrogen and oxygen atoms in total. The SMILES string of the molecule is CCOCC1CCN(C(=NC)NCC2CCCN(C)C2c2cccs2)C1. The van der Waals surface area contributed by atoms with Gasteiger partial charge in [0, 0.05) is 50.1 Å². The molecule has 0 bridgehead atoms. The zero-order valence-corrected chi connectivity index (χ0v) is 17.3. The maximum Gasteiger partial charge on any atom is 0.193 e. The highest BCUT2D eigenvalue weighted by Crippen LogP contribution is 2.36. The molecule has 2 fully saturated rings. The van der Waals surface area contributed by atoms with E-state index in [1.54, 1.807) is 0 Å². The number of hydrogen-bond acceptors (Lipinski definition) is 4. The molecule has 3 heterocycles. The van der Waals surface area contributed by atoms with E-state index in [1.807, 2.05) is 18.4 Å². The van der Waals surface area contributed by atoms with Gasteiger partial charge in [-0.15, -0.1) is 11.3 Å². The molecule has 0 saturated carbocycles. The second-order valence-electron chi connectivity index (χ2n) is 7.53. The van der Waals surface area contributed by atoms with Crippen LogP contribution in [0.25, 0.3) is 0 Å². The third-order valence-electron chi connectivity index (χ3n) is 5.72. The molecule has 1 aromatic rings. The van der Waals surface area contributed by atoms with Gasteiger partial charge in [0.1, 0.15) is 0 Å². The van der Waals surface area contributed by atoms with Crippen LogP contribution in [0.3, 0.4) is 0 Å². The van der Waals surface area contributed by atoms with Gasteiger partial charge in [0.2, 0.25) is 0 Å². The average Bonchev–Trinajstić information content (AvgIpc) is 3.33. The first-order valence-electron chi connectivity index (χ1n) is 9.99. The lowest BCUT2D eigenvalue weighted by Gasteiger charge is -2.39. The van der Waals surface area contributed by atoms with Crippen molar-refractivity contribution in [3.63, 3.8) is 0 Å². The Labute approximate surface area is 162 Å². The molecule has 1 aromatic heterocycles. The second-order valence-corrected chi connectivity index (χ2v) is 8.51. The molecular formula is C20H34N4OS. The molecule has 3 atom stereocenters. The molecule has 26 heavy (non-hydrogen) atoms. The van der Waals surface area contributed by atoms with Crippen molar-refractivity contribution in [3.05, 3.63) is 22.4 Å². The fraction of sp³-hybridized carbons (Fsp3) is 0.750. The van der Waals surface area contributed by atoms with E-state index in [-0.39, 0.29) is 0 Å². The van der Waals surface area contributed by atoms with Crippen molar-refractivity contribution >= 4 is 17.3 Å². The first kappa shape index (κ1) is 19.6. The summed E-state index contributed by atoms with van der Waals surface area (Å²) >= 11 is 1.89. The summed E-state index contributed by atoms with van der Waals surface area (Å²) in [7, 11) is 4.17. The van der Waals surface area contributed by atoms with Crippen molar-refractivity contribution in [1.29, 1.82) is 0 Å². The Kier molecular flexibility index (Phi) is 7.34. The van der Waals surface area contributed by atoms with Crippen LogP contribution in [0.1, 0.15) is 37.1 Å². The maximum absolute atomic E-state index is 5.61. The maximum atomic E-state index is 5.61. The number of nitrogens with zero attached hydrogens (tertiary/aromatic N) is 3. The van der Waals surface area contributed by atoms with Gasteiger partial charge in [0.25, 0.3) is 0 Å². The molecule has 0 amide bonds. The molecule has 1 N–H and O–H groups in total. The number of hydrogen-bond donors (Lipinski definition) is 1. The fourth-order valence-corrected chi connectivity index (χ4v) is 5.37. The summed E-state index contributed by atoms with van der Waals surface area (Å²) in [5, 5.41) is 5.88. The highest BCUT2D eigenvalue weighted by Gasteiger charge is 2.32. The zero-order valence-electron chi connectivity index (χ0n) is 16.5. The van der Waals surface area contributed by atoms with Gasteiger partial charge < -0.3 is 15.0 Å². The van der Waals surface area contributed by atoms with E-state index in [9.17, 15) is 0 Å². The van der Waals surface area contributed by atoms with Crippen molar-refractivity contribution in [3.8, 4) is 0 Å². The number of guanidine groups is 1. The van der Waals surface area contributed by atoms with Gasteiger partial charge in [-0.3, -0.25) is 9.89 Å². The summed E-state index contributed by atoms with van der Waals surface area (Å²) < 4.78 is 5.61. The van der Waals surface area contributed by atoms with Gasteiger partial charge in [-0.25, -0.2) is 0 Å². The van der Waals surface area contributed by atoms with Crippen LogP contribution in [0.2, 0.25) is 0 Å². The van der Waals surface area contributed by atoms with E-state index in [2.05, 4.69) is 51.6 Å². The van der Waals surface area contributed by atoms with Crippen LogP contribution in [0.4, 0.5) is 0 Å². The third-order valence-corrected chi connectivity index (χ3v) is 6.66. The van der Waals surface area contributed by atoms with Crippen LogP contribution in [-0.2, 0) is 4.74 Å². The van der Waals surface area contributed by atoms with E-state index >= 15 is 0 Å². The predicted molar refractivity (Wildman–Crippen MR) is 110 cm³/mol. The molecule has 6 heteroatoms. The van der Waals surface area contributed by atoms with Crippen LogP contribution >= 0.6 is 11.3 Å². The first-order chi connectivity index (χ1) is 12.7. The largest absolute Gasteiger partial charge is 0.381 e. The minimum Gasteiger partial charge on any atom is -0.381 e. The Balaban J connectivity index is 1.56. The summed E-state index contributed by atoms with van der Waals surface area (Å²) in [6.07, 6.45) is 3.76. The van der Waals surface area contributed by atoms with E-state index in [0.717, 1.165) is 38.8 Å². The summed E-state index contributed by atoms with van der Waals surface area (Å²) in [6, 6.07) is 4.99. The van der Waals surface area contributed by atoms with Gasteiger partial charge in [-0.2, -0.15) is 0 Å². The number of thiophene rings is 1. The molecule has 0 aromatic carbocycles. The van der Waals surface area contributed by atoms with E-state index in [4.69, 9.17) is 4.74 Å². The fourth-order valence-electron chi connectivity index (χ4n) is 4.38. The van der Waals surface area contributed by atoms with Crippen LogP contribution in [0, 0.1) is 11.8 Å². The van der Waals surface area contributed by atoms with Gasteiger partial charge >= 0.3 is 0 Å². The lowest BCUT2D eigenvalue weighted by Crippen LogP contribution is -2.46. The Morgan fingerprint density at radius 1 is 1.38 bits per heavy atom. The van der Waals surface area contributed by atoms with E-state index in [1.165, 1.54) is 30.7 Å². The van der Waals surface area contributed by atoms with E-state index < -0.39 is 0 Å². The average molecular weight is 379 g/mol. The number of aliphatic imine (C=N–C) groups is 1. The standard InChI is InChI=1S/C20H34N4OS/c1-4-25-15-16-9-11-24(14-16)20(21-2)22-13-17-7-5-10-23(3)19(17)18-8-6-12-26-18/h6,8,12,16-17,19H,4-5,7,9-11,13-15H2,1-3H3,(H,21,22). The van der Waals surface area contributed by atoms with Gasteiger partial charge in [0.05, 0.1) is 6.61 Å². The second kappa shape index (κ2) is 9.72. The Morgan fingerprint density at radius 3 is 3.00 bits per heavy atom. The van der Waals surface area contributed by atoms with Gasteiger partial charge in [-0.1, -0.05) is 6.07 Å². The van der Waals surface area contributed by atoms with Gasteiger partial charge in [0.15, 0.2) is 5.96 Å². The minimum atomic E-state index is 0.527. The molecule has 2 saturated heterocycles. The lowest BCUT2D eigenvalue weighted by molar-refractivity contribution is 0.114. The van der Waals surface area contributed by atoms with Crippen LogP contribution in [0.5, 0.6) is 0 Å². The molecule has 3 unspecified atom stereocenters. The smallest absolute Gasteiger partial charge is 0.193 e. The summed E-state index contributed by atoms with van der Waals surface area (Å²) in [5.41, 5.74) is 0. The zero-order chi connectivity index (χ0) is 18.4. The Hall–Kier alpha value is -1.11.